The number of halogens is 2. The van der Waals surface area contributed by atoms with Crippen molar-refractivity contribution in [3.63, 3.8) is 0 Å². The Bertz CT molecular complexity index is 1080. The fraction of sp³-hybridized carbons (Fsp3) is 0.417. The molecule has 1 N–H and O–H groups in total. The maximum atomic E-state index is 13.2. The van der Waals surface area contributed by atoms with Gasteiger partial charge in [0.25, 0.3) is 0 Å². The van der Waals surface area contributed by atoms with Crippen LogP contribution in [0.2, 0.25) is 10.0 Å². The van der Waals surface area contributed by atoms with E-state index in [9.17, 15) is 18.0 Å². The normalized spacial score (nSPS) is 12.1. The average Bonchev–Trinajstić information content (AvgIpc) is 2.78. The molecule has 0 aliphatic rings. The van der Waals surface area contributed by atoms with E-state index in [2.05, 4.69) is 5.32 Å². The van der Waals surface area contributed by atoms with E-state index in [-0.39, 0.29) is 37.7 Å². The Kier molecular flexibility index (Phi) is 10.7. The standard InChI is InChI=1S/C24H31Cl2N3O4S/c1-4-14-27-24(31)18(2)28(17-19-7-5-8-21(26)16-19)23(30)9-6-15-29(34(3,32)33)22-12-10-20(25)11-13-22/h5,7-8,10-13,16,18H,4,6,9,14-15,17H2,1-3H3,(H,27,31)/t18-/m0/s1. The molecule has 0 saturated carbocycles. The fourth-order valence-corrected chi connectivity index (χ4v) is 4.73. The minimum Gasteiger partial charge on any atom is -0.354 e. The monoisotopic (exact) mass is 527 g/mol. The highest BCUT2D eigenvalue weighted by Gasteiger charge is 2.26. The van der Waals surface area contributed by atoms with E-state index in [1.54, 1.807) is 49.4 Å². The van der Waals surface area contributed by atoms with Crippen molar-refractivity contribution in [2.45, 2.75) is 45.7 Å². The van der Waals surface area contributed by atoms with Gasteiger partial charge in [0, 0.05) is 36.1 Å². The second-order valence-electron chi connectivity index (χ2n) is 8.03. The van der Waals surface area contributed by atoms with Gasteiger partial charge >= 0.3 is 0 Å². The Morgan fingerprint density at radius 2 is 1.74 bits per heavy atom. The second kappa shape index (κ2) is 13.0. The largest absolute Gasteiger partial charge is 0.354 e. The molecule has 2 aromatic rings. The molecule has 10 heteroatoms. The number of hydrogen-bond acceptors (Lipinski definition) is 4. The summed E-state index contributed by atoms with van der Waals surface area (Å²) < 4.78 is 25.9. The van der Waals surface area contributed by atoms with Crippen LogP contribution >= 0.6 is 23.2 Å². The molecular weight excluding hydrogens is 497 g/mol. The van der Waals surface area contributed by atoms with E-state index in [4.69, 9.17) is 23.2 Å². The van der Waals surface area contributed by atoms with Crippen molar-refractivity contribution in [1.29, 1.82) is 0 Å². The summed E-state index contributed by atoms with van der Waals surface area (Å²) in [4.78, 5) is 27.3. The van der Waals surface area contributed by atoms with Gasteiger partial charge in [0.2, 0.25) is 21.8 Å². The predicted octanol–water partition coefficient (Wildman–Crippen LogP) is 4.48. The molecule has 0 saturated heterocycles. The summed E-state index contributed by atoms with van der Waals surface area (Å²) in [6.07, 6.45) is 2.26. The summed E-state index contributed by atoms with van der Waals surface area (Å²) in [5, 5.41) is 3.87. The van der Waals surface area contributed by atoms with E-state index in [1.807, 2.05) is 13.0 Å². The quantitative estimate of drug-likeness (QED) is 0.440. The third kappa shape index (κ3) is 8.49. The molecule has 0 aliphatic heterocycles. The SMILES string of the molecule is CCCNC(=O)[C@H](C)N(Cc1cccc(Cl)c1)C(=O)CCCN(c1ccc(Cl)cc1)S(C)(=O)=O. The van der Waals surface area contributed by atoms with E-state index >= 15 is 0 Å². The highest BCUT2D eigenvalue weighted by atomic mass is 35.5. The molecule has 2 aromatic carbocycles. The molecule has 0 heterocycles. The maximum Gasteiger partial charge on any atom is 0.242 e. The Morgan fingerprint density at radius 3 is 2.32 bits per heavy atom. The molecule has 2 rings (SSSR count). The van der Waals surface area contributed by atoms with E-state index < -0.39 is 16.1 Å². The van der Waals surface area contributed by atoms with Crippen molar-refractivity contribution >= 4 is 50.7 Å². The number of amides is 2. The molecule has 2 amide bonds. The molecule has 186 valence electrons. The number of nitrogens with zero attached hydrogens (tertiary/aromatic N) is 2. The molecule has 0 aliphatic carbocycles. The fourth-order valence-electron chi connectivity index (χ4n) is 3.42. The molecule has 0 spiro atoms. The molecule has 34 heavy (non-hydrogen) atoms. The van der Waals surface area contributed by atoms with Crippen LogP contribution in [0.4, 0.5) is 5.69 Å². The van der Waals surface area contributed by atoms with Crippen molar-refractivity contribution in [3.8, 4) is 0 Å². The van der Waals surface area contributed by atoms with Crippen LogP contribution in [-0.2, 0) is 26.2 Å². The van der Waals surface area contributed by atoms with Crippen LogP contribution in [0.5, 0.6) is 0 Å². The van der Waals surface area contributed by atoms with Crippen molar-refractivity contribution in [1.82, 2.24) is 10.2 Å². The molecule has 0 fully saturated rings. The third-order valence-corrected chi connectivity index (χ3v) is 6.91. The van der Waals surface area contributed by atoms with Crippen molar-refractivity contribution < 1.29 is 18.0 Å². The van der Waals surface area contributed by atoms with Gasteiger partial charge < -0.3 is 10.2 Å². The summed E-state index contributed by atoms with van der Waals surface area (Å²) >= 11 is 12.0. The van der Waals surface area contributed by atoms with E-state index in [0.717, 1.165) is 18.2 Å². The Labute approximate surface area is 212 Å². The van der Waals surface area contributed by atoms with Gasteiger partial charge in [-0.3, -0.25) is 13.9 Å². The third-order valence-electron chi connectivity index (χ3n) is 5.23. The van der Waals surface area contributed by atoms with E-state index in [1.165, 1.54) is 9.21 Å². The maximum absolute atomic E-state index is 13.2. The van der Waals surface area contributed by atoms with Crippen molar-refractivity contribution in [2.24, 2.45) is 0 Å². The topological polar surface area (TPSA) is 86.8 Å². The lowest BCUT2D eigenvalue weighted by Gasteiger charge is -2.29. The molecule has 0 radical (unpaired) electrons. The van der Waals surface area contributed by atoms with Crippen LogP contribution in [-0.4, -0.2) is 50.5 Å². The van der Waals surface area contributed by atoms with Gasteiger partial charge in [-0.2, -0.15) is 0 Å². The smallest absolute Gasteiger partial charge is 0.242 e. The van der Waals surface area contributed by atoms with Crippen molar-refractivity contribution in [3.05, 3.63) is 64.1 Å². The number of benzene rings is 2. The molecule has 0 unspecified atom stereocenters. The zero-order valence-corrected chi connectivity index (χ0v) is 22.0. The number of hydrogen-bond donors (Lipinski definition) is 1. The summed E-state index contributed by atoms with van der Waals surface area (Å²) in [7, 11) is -3.56. The Balaban J connectivity index is 2.14. The van der Waals surface area contributed by atoms with Crippen molar-refractivity contribution in [2.75, 3.05) is 23.7 Å². The van der Waals surface area contributed by atoms with Gasteiger partial charge in [0.05, 0.1) is 11.9 Å². The summed E-state index contributed by atoms with van der Waals surface area (Å²) in [6.45, 7) is 4.49. The van der Waals surface area contributed by atoms with Crippen LogP contribution in [0.15, 0.2) is 48.5 Å². The van der Waals surface area contributed by atoms with Crippen LogP contribution < -0.4 is 9.62 Å². The number of nitrogens with one attached hydrogen (secondary N) is 1. The number of carbonyl (C=O) groups excluding carboxylic acids is 2. The number of carbonyl (C=O) groups is 2. The minimum absolute atomic E-state index is 0.0750. The van der Waals surface area contributed by atoms with Gasteiger partial charge in [0.1, 0.15) is 6.04 Å². The molecular formula is C24H31Cl2N3O4S. The molecule has 0 bridgehead atoms. The zero-order valence-electron chi connectivity index (χ0n) is 19.6. The zero-order chi connectivity index (χ0) is 25.3. The predicted molar refractivity (Wildman–Crippen MR) is 138 cm³/mol. The number of sulfonamides is 1. The first kappa shape index (κ1) is 28.0. The summed E-state index contributed by atoms with van der Waals surface area (Å²) in [5.74, 6) is -0.486. The Hall–Kier alpha value is -2.29. The van der Waals surface area contributed by atoms with Crippen LogP contribution in [0, 0.1) is 0 Å². The number of anilines is 1. The summed E-state index contributed by atoms with van der Waals surface area (Å²) in [5.41, 5.74) is 1.28. The minimum atomic E-state index is -3.56. The van der Waals surface area contributed by atoms with E-state index in [0.29, 0.717) is 22.3 Å². The average molecular weight is 529 g/mol. The van der Waals surface area contributed by atoms with Gasteiger partial charge in [-0.05, 0) is 61.7 Å². The summed E-state index contributed by atoms with van der Waals surface area (Å²) in [6, 6.07) is 12.9. The molecule has 7 nitrogen and oxygen atoms in total. The lowest BCUT2D eigenvalue weighted by Crippen LogP contribution is -2.47. The lowest BCUT2D eigenvalue weighted by molar-refractivity contribution is -0.140. The first-order valence-corrected chi connectivity index (χ1v) is 13.7. The highest BCUT2D eigenvalue weighted by molar-refractivity contribution is 7.92. The van der Waals surface area contributed by atoms with Crippen LogP contribution in [0.3, 0.4) is 0 Å². The second-order valence-corrected chi connectivity index (χ2v) is 10.8. The van der Waals surface area contributed by atoms with Crippen LogP contribution in [0.25, 0.3) is 0 Å². The Morgan fingerprint density at radius 1 is 1.06 bits per heavy atom. The van der Waals surface area contributed by atoms with Gasteiger partial charge in [-0.1, -0.05) is 42.3 Å². The van der Waals surface area contributed by atoms with Crippen LogP contribution in [0.1, 0.15) is 38.7 Å². The first-order valence-electron chi connectivity index (χ1n) is 11.1. The number of rotatable bonds is 12. The highest BCUT2D eigenvalue weighted by Crippen LogP contribution is 2.22. The molecule has 1 atom stereocenters. The first-order chi connectivity index (χ1) is 16.0. The molecule has 0 aromatic heterocycles. The lowest BCUT2D eigenvalue weighted by atomic mass is 10.1. The van der Waals surface area contributed by atoms with Gasteiger partial charge in [0.15, 0.2) is 0 Å². The van der Waals surface area contributed by atoms with Gasteiger partial charge in [-0.15, -0.1) is 0 Å². The van der Waals surface area contributed by atoms with Gasteiger partial charge in [-0.25, -0.2) is 8.42 Å².